The molecule has 2 aliphatic heterocycles. The number of hydrogen-bond donors (Lipinski definition) is 3. The van der Waals surface area contributed by atoms with Gasteiger partial charge in [0.15, 0.2) is 5.84 Å². The number of amides is 2. The Morgan fingerprint density at radius 1 is 1.29 bits per heavy atom. The van der Waals surface area contributed by atoms with Crippen LogP contribution >= 0.6 is 19.1 Å². The van der Waals surface area contributed by atoms with E-state index in [2.05, 4.69) is 30.9 Å². The second kappa shape index (κ2) is 9.26. The summed E-state index contributed by atoms with van der Waals surface area (Å²) in [4.78, 5) is 27.2. The van der Waals surface area contributed by atoms with Gasteiger partial charge in [0.05, 0.1) is 34.2 Å². The Morgan fingerprint density at radius 2 is 1.91 bits per heavy atom. The van der Waals surface area contributed by atoms with Crippen molar-refractivity contribution < 1.29 is 23.8 Å². The summed E-state index contributed by atoms with van der Waals surface area (Å²) < 4.78 is 23.7. The third-order valence-electron chi connectivity index (χ3n) is 5.91. The SMILES string of the molecule is CCOP1(=O)N=C(C2=C(O)C(C(C)(C)C)N(CCC(C)(C)C)C2=O)Nc2cc(C(N)=O)c(Cl)cc21. The molecule has 0 saturated heterocycles. The van der Waals surface area contributed by atoms with Crippen LogP contribution in [0.1, 0.15) is 65.2 Å². The van der Waals surface area contributed by atoms with E-state index in [1.165, 1.54) is 12.1 Å². The Morgan fingerprint density at radius 3 is 2.43 bits per heavy atom. The summed E-state index contributed by atoms with van der Waals surface area (Å²) in [7, 11) is -3.89. The first-order valence-electron chi connectivity index (χ1n) is 11.5. The van der Waals surface area contributed by atoms with Gasteiger partial charge in [-0.2, -0.15) is 4.76 Å². The van der Waals surface area contributed by atoms with Gasteiger partial charge in [-0.1, -0.05) is 53.1 Å². The maximum Gasteiger partial charge on any atom is 0.348 e. The Labute approximate surface area is 211 Å². The highest BCUT2D eigenvalue weighted by Gasteiger charge is 2.48. The van der Waals surface area contributed by atoms with Gasteiger partial charge in [0.2, 0.25) is 5.91 Å². The zero-order valence-corrected chi connectivity index (χ0v) is 22.9. The summed E-state index contributed by atoms with van der Waals surface area (Å²) in [6.07, 6.45) is 0.715. The summed E-state index contributed by atoms with van der Waals surface area (Å²) >= 11 is 6.19. The molecule has 0 radical (unpaired) electrons. The van der Waals surface area contributed by atoms with Crippen molar-refractivity contribution in [2.45, 2.75) is 60.9 Å². The lowest BCUT2D eigenvalue weighted by Crippen LogP contribution is -2.45. The number of amidine groups is 1. The van der Waals surface area contributed by atoms with Gasteiger partial charge in [-0.3, -0.25) is 14.2 Å². The number of hydrogen-bond acceptors (Lipinski definition) is 6. The number of primary amides is 1. The van der Waals surface area contributed by atoms with Gasteiger partial charge in [-0.25, -0.2) is 0 Å². The van der Waals surface area contributed by atoms with E-state index >= 15 is 0 Å². The highest BCUT2D eigenvalue weighted by atomic mass is 35.5. The molecule has 0 bridgehead atoms. The molecule has 1 aromatic rings. The molecular formula is C24H34ClN4O5P. The molecule has 1 aromatic carbocycles. The smallest absolute Gasteiger partial charge is 0.348 e. The van der Waals surface area contributed by atoms with E-state index in [1.807, 2.05) is 20.8 Å². The topological polar surface area (TPSA) is 134 Å². The molecule has 4 N–H and O–H groups in total. The van der Waals surface area contributed by atoms with Crippen molar-refractivity contribution in [3.63, 3.8) is 0 Å². The van der Waals surface area contributed by atoms with Gasteiger partial charge in [0.25, 0.3) is 5.91 Å². The van der Waals surface area contributed by atoms with E-state index in [-0.39, 0.29) is 50.8 Å². The normalized spacial score (nSPS) is 22.7. The molecule has 192 valence electrons. The van der Waals surface area contributed by atoms with Crippen LogP contribution in [-0.4, -0.2) is 46.8 Å². The van der Waals surface area contributed by atoms with Gasteiger partial charge < -0.3 is 25.6 Å². The minimum absolute atomic E-state index is 0.0109. The van der Waals surface area contributed by atoms with Crippen LogP contribution in [0.25, 0.3) is 0 Å². The fourth-order valence-electron chi connectivity index (χ4n) is 4.25. The lowest BCUT2D eigenvalue weighted by atomic mass is 9.84. The van der Waals surface area contributed by atoms with E-state index in [4.69, 9.17) is 21.9 Å². The van der Waals surface area contributed by atoms with Gasteiger partial charge in [-0.05, 0) is 36.3 Å². The quantitative estimate of drug-likeness (QED) is 0.465. The van der Waals surface area contributed by atoms with E-state index in [1.54, 1.807) is 11.8 Å². The number of nitrogens with zero attached hydrogens (tertiary/aromatic N) is 2. The van der Waals surface area contributed by atoms with E-state index in [0.29, 0.717) is 13.0 Å². The van der Waals surface area contributed by atoms with Crippen molar-refractivity contribution in [1.82, 2.24) is 4.90 Å². The maximum absolute atomic E-state index is 13.8. The highest BCUT2D eigenvalue weighted by Crippen LogP contribution is 2.53. The Bertz CT molecular complexity index is 1180. The Hall–Kier alpha value is -2.35. The molecule has 2 unspecified atom stereocenters. The van der Waals surface area contributed by atoms with Crippen LogP contribution in [0.4, 0.5) is 5.69 Å². The van der Waals surface area contributed by atoms with Crippen LogP contribution in [0.15, 0.2) is 28.2 Å². The minimum atomic E-state index is -3.89. The van der Waals surface area contributed by atoms with Crippen LogP contribution in [0.2, 0.25) is 5.02 Å². The standard InChI is InChI=1S/C24H34ClN4O5P/c1-8-34-35(33)16-12-14(25)13(20(26)31)11-15(16)27-21(28-35)17-18(30)19(24(5,6)7)29(22(17)32)10-9-23(2,3)4/h11-12,19,30H,8-10H2,1-7H3,(H2,26,31)(H,27,28,33). The molecule has 11 heteroatoms. The monoisotopic (exact) mass is 524 g/mol. The fourth-order valence-corrected chi connectivity index (χ4v) is 6.37. The number of carbonyl (C=O) groups excluding carboxylic acids is 2. The molecule has 9 nitrogen and oxygen atoms in total. The molecule has 2 aliphatic rings. The first kappa shape index (κ1) is 27.2. The van der Waals surface area contributed by atoms with Crippen LogP contribution in [0.3, 0.4) is 0 Å². The first-order chi connectivity index (χ1) is 16.0. The third kappa shape index (κ3) is 5.27. The zero-order valence-electron chi connectivity index (χ0n) is 21.2. The number of fused-ring (bicyclic) bond motifs is 1. The number of aliphatic hydroxyl groups excluding tert-OH is 1. The summed E-state index contributed by atoms with van der Waals surface area (Å²) in [5, 5.41) is 14.4. The number of anilines is 1. The van der Waals surface area contributed by atoms with Gasteiger partial charge in [0.1, 0.15) is 11.3 Å². The largest absolute Gasteiger partial charge is 0.509 e. The minimum Gasteiger partial charge on any atom is -0.509 e. The van der Waals surface area contributed by atoms with E-state index in [9.17, 15) is 19.3 Å². The van der Waals surface area contributed by atoms with Crippen molar-refractivity contribution in [1.29, 1.82) is 0 Å². The number of aliphatic hydroxyl groups is 1. The number of halogens is 1. The molecule has 0 spiro atoms. The molecular weight excluding hydrogens is 491 g/mol. The van der Waals surface area contributed by atoms with Crippen LogP contribution in [-0.2, 0) is 13.9 Å². The van der Waals surface area contributed by atoms with Crippen molar-refractivity contribution in [3.8, 4) is 0 Å². The molecule has 2 heterocycles. The predicted molar refractivity (Wildman–Crippen MR) is 139 cm³/mol. The van der Waals surface area contributed by atoms with E-state index in [0.717, 1.165) is 0 Å². The van der Waals surface area contributed by atoms with Gasteiger partial charge in [-0.15, -0.1) is 0 Å². The van der Waals surface area contributed by atoms with Crippen molar-refractivity contribution >= 4 is 47.8 Å². The molecule has 3 rings (SSSR count). The van der Waals surface area contributed by atoms with Gasteiger partial charge >= 0.3 is 7.52 Å². The molecule has 0 fully saturated rings. The highest BCUT2D eigenvalue weighted by molar-refractivity contribution is 7.66. The maximum atomic E-state index is 13.8. The summed E-state index contributed by atoms with van der Waals surface area (Å²) in [5.74, 6) is -1.43. The van der Waals surface area contributed by atoms with Gasteiger partial charge in [0, 0.05) is 6.54 Å². The summed E-state index contributed by atoms with van der Waals surface area (Å²) in [6.45, 7) is 14.2. The lowest BCUT2D eigenvalue weighted by Gasteiger charge is -2.36. The molecule has 35 heavy (non-hydrogen) atoms. The third-order valence-corrected chi connectivity index (χ3v) is 8.27. The Kier molecular flexibility index (Phi) is 7.21. The molecule has 0 aliphatic carbocycles. The van der Waals surface area contributed by atoms with E-state index < -0.39 is 30.8 Å². The number of rotatable bonds is 6. The van der Waals surface area contributed by atoms with Crippen LogP contribution < -0.4 is 16.4 Å². The summed E-state index contributed by atoms with van der Waals surface area (Å²) in [5.41, 5.74) is 5.08. The predicted octanol–water partition coefficient (Wildman–Crippen LogP) is 4.62. The number of carbonyl (C=O) groups is 2. The number of nitrogens with two attached hydrogens (primary N) is 1. The second-order valence-corrected chi connectivity index (χ2v) is 13.5. The number of benzene rings is 1. The molecule has 0 saturated carbocycles. The first-order valence-corrected chi connectivity index (χ1v) is 13.5. The zero-order chi connectivity index (χ0) is 26.5. The number of nitrogens with one attached hydrogen (secondary N) is 1. The van der Waals surface area contributed by atoms with Crippen molar-refractivity contribution in [2.75, 3.05) is 18.5 Å². The fraction of sp³-hybridized carbons (Fsp3) is 0.542. The average molecular weight is 525 g/mol. The summed E-state index contributed by atoms with van der Waals surface area (Å²) in [6, 6.07) is 2.09. The molecule has 2 atom stereocenters. The van der Waals surface area contributed by atoms with Crippen LogP contribution in [0.5, 0.6) is 0 Å². The lowest BCUT2D eigenvalue weighted by molar-refractivity contribution is -0.128. The Balaban J connectivity index is 2.16. The second-order valence-electron chi connectivity index (χ2n) is 11.1. The average Bonchev–Trinajstić information content (AvgIpc) is 2.95. The molecule has 0 aromatic heterocycles. The van der Waals surface area contributed by atoms with Crippen LogP contribution in [0, 0.1) is 10.8 Å². The molecule has 2 amide bonds. The van der Waals surface area contributed by atoms with Crippen molar-refractivity contribution in [3.05, 3.63) is 34.1 Å². The van der Waals surface area contributed by atoms with Crippen molar-refractivity contribution in [2.24, 2.45) is 21.3 Å².